The first kappa shape index (κ1) is 16.0. The average Bonchev–Trinajstić information content (AvgIpc) is 2.80. The molecule has 1 aromatic heterocycles. The number of thioether (sulfide) groups is 1. The number of nitrogens with zero attached hydrogens (tertiary/aromatic N) is 4. The van der Waals surface area contributed by atoms with E-state index in [1.807, 2.05) is 0 Å². The molecule has 1 aromatic carbocycles. The van der Waals surface area contributed by atoms with Crippen molar-refractivity contribution in [3.63, 3.8) is 0 Å². The van der Waals surface area contributed by atoms with Crippen molar-refractivity contribution in [2.75, 3.05) is 5.75 Å². The Kier molecular flexibility index (Phi) is 5.10. The molecule has 1 heterocycles. The molecular weight excluding hydrogens is 306 g/mol. The van der Waals surface area contributed by atoms with Gasteiger partial charge >= 0.3 is 0 Å². The highest BCUT2D eigenvalue weighted by atomic mass is 32.2. The molecule has 0 aliphatic rings. The molecule has 0 aliphatic carbocycles. The number of amides is 1. The first-order chi connectivity index (χ1) is 10.5. The number of nitro benzene ring substituents is 1. The Bertz CT molecular complexity index is 683. The van der Waals surface area contributed by atoms with E-state index in [0.717, 1.165) is 12.0 Å². The van der Waals surface area contributed by atoms with E-state index in [9.17, 15) is 14.9 Å². The van der Waals surface area contributed by atoms with Gasteiger partial charge in [-0.15, -0.1) is 10.2 Å². The minimum Gasteiger partial charge on any atom is -0.368 e. The fourth-order valence-corrected chi connectivity index (χ4v) is 2.82. The second-order valence-electron chi connectivity index (χ2n) is 4.60. The standard InChI is InChI=1S/C13H15N5O3S/c1-9-15-16-13(17(9)8-12(14)19)22-7-6-10-2-4-11(5-3-10)18(20)21/h2-5H,6-8H2,1H3,(H2,14,19). The van der Waals surface area contributed by atoms with E-state index < -0.39 is 10.8 Å². The van der Waals surface area contributed by atoms with Gasteiger partial charge in [0.25, 0.3) is 5.69 Å². The summed E-state index contributed by atoms with van der Waals surface area (Å²) in [6, 6.07) is 6.44. The van der Waals surface area contributed by atoms with E-state index in [0.29, 0.717) is 16.7 Å². The lowest BCUT2D eigenvalue weighted by atomic mass is 10.1. The van der Waals surface area contributed by atoms with Crippen molar-refractivity contribution >= 4 is 23.4 Å². The lowest BCUT2D eigenvalue weighted by molar-refractivity contribution is -0.384. The van der Waals surface area contributed by atoms with Crippen LogP contribution in [0, 0.1) is 17.0 Å². The number of rotatable bonds is 7. The average molecular weight is 321 g/mol. The van der Waals surface area contributed by atoms with Gasteiger partial charge in [0.1, 0.15) is 12.4 Å². The number of non-ortho nitro benzene ring substituents is 1. The molecule has 2 aromatic rings. The lowest BCUT2D eigenvalue weighted by Gasteiger charge is -2.05. The number of hydrogen-bond donors (Lipinski definition) is 1. The maximum atomic E-state index is 11.0. The van der Waals surface area contributed by atoms with Crippen molar-refractivity contribution in [2.24, 2.45) is 5.73 Å². The van der Waals surface area contributed by atoms with Crippen molar-refractivity contribution in [3.05, 3.63) is 45.8 Å². The van der Waals surface area contributed by atoms with Crippen molar-refractivity contribution in [2.45, 2.75) is 25.0 Å². The molecule has 8 nitrogen and oxygen atoms in total. The first-order valence-electron chi connectivity index (χ1n) is 6.51. The summed E-state index contributed by atoms with van der Waals surface area (Å²) < 4.78 is 1.67. The SMILES string of the molecule is Cc1nnc(SCCc2ccc([N+](=O)[O-])cc2)n1CC(N)=O. The summed E-state index contributed by atoms with van der Waals surface area (Å²) in [6.07, 6.45) is 0.727. The van der Waals surface area contributed by atoms with Gasteiger partial charge < -0.3 is 5.73 Å². The molecule has 2 N–H and O–H groups in total. The number of nitrogens with two attached hydrogens (primary N) is 1. The predicted molar refractivity (Wildman–Crippen MR) is 81.5 cm³/mol. The summed E-state index contributed by atoms with van der Waals surface area (Å²) in [5, 5.41) is 19.2. The fourth-order valence-electron chi connectivity index (χ4n) is 1.85. The number of aryl methyl sites for hydroxylation is 2. The molecular formula is C13H15N5O3S. The molecule has 0 aliphatic heterocycles. The van der Waals surface area contributed by atoms with E-state index in [4.69, 9.17) is 5.73 Å². The number of aromatic nitrogens is 3. The second-order valence-corrected chi connectivity index (χ2v) is 5.67. The highest BCUT2D eigenvalue weighted by Gasteiger charge is 2.11. The van der Waals surface area contributed by atoms with Crippen LogP contribution in [0.3, 0.4) is 0 Å². The summed E-state index contributed by atoms with van der Waals surface area (Å²) in [4.78, 5) is 21.2. The zero-order chi connectivity index (χ0) is 16.1. The van der Waals surface area contributed by atoms with Crippen molar-refractivity contribution < 1.29 is 9.72 Å². The molecule has 0 saturated heterocycles. The largest absolute Gasteiger partial charge is 0.368 e. The Balaban J connectivity index is 1.93. The highest BCUT2D eigenvalue weighted by Crippen LogP contribution is 2.19. The number of carbonyl (C=O) groups is 1. The molecule has 1 amide bonds. The molecule has 0 spiro atoms. The lowest BCUT2D eigenvalue weighted by Crippen LogP contribution is -2.20. The smallest absolute Gasteiger partial charge is 0.269 e. The van der Waals surface area contributed by atoms with Crippen LogP contribution < -0.4 is 5.73 Å². The van der Waals surface area contributed by atoms with Crippen LogP contribution >= 0.6 is 11.8 Å². The summed E-state index contributed by atoms with van der Waals surface area (Å²) in [5.74, 6) is 0.908. The zero-order valence-corrected chi connectivity index (χ0v) is 12.7. The topological polar surface area (TPSA) is 117 Å². The van der Waals surface area contributed by atoms with Crippen molar-refractivity contribution in [3.8, 4) is 0 Å². The van der Waals surface area contributed by atoms with Crippen LogP contribution in [-0.2, 0) is 17.8 Å². The van der Waals surface area contributed by atoms with Crippen LogP contribution in [0.4, 0.5) is 5.69 Å². The van der Waals surface area contributed by atoms with Crippen LogP contribution in [0.15, 0.2) is 29.4 Å². The Morgan fingerprint density at radius 2 is 2.05 bits per heavy atom. The van der Waals surface area contributed by atoms with Crippen molar-refractivity contribution in [1.82, 2.24) is 14.8 Å². The summed E-state index contributed by atoms with van der Waals surface area (Å²) in [7, 11) is 0. The summed E-state index contributed by atoms with van der Waals surface area (Å²) in [5.41, 5.74) is 6.27. The van der Waals surface area contributed by atoms with Gasteiger partial charge in [-0.3, -0.25) is 19.5 Å². The fraction of sp³-hybridized carbons (Fsp3) is 0.308. The molecule has 22 heavy (non-hydrogen) atoms. The minimum atomic E-state index is -0.444. The number of carbonyl (C=O) groups excluding carboxylic acids is 1. The monoisotopic (exact) mass is 321 g/mol. The van der Waals surface area contributed by atoms with Gasteiger partial charge in [0.05, 0.1) is 4.92 Å². The minimum absolute atomic E-state index is 0.0543. The van der Waals surface area contributed by atoms with E-state index in [-0.39, 0.29) is 12.2 Å². The zero-order valence-electron chi connectivity index (χ0n) is 11.9. The third kappa shape index (κ3) is 4.04. The van der Waals surface area contributed by atoms with Gasteiger partial charge in [0, 0.05) is 17.9 Å². The van der Waals surface area contributed by atoms with Crippen molar-refractivity contribution in [1.29, 1.82) is 0 Å². The second kappa shape index (κ2) is 7.03. The van der Waals surface area contributed by atoms with Crippen LogP contribution in [0.25, 0.3) is 0 Å². The summed E-state index contributed by atoms with van der Waals surface area (Å²) in [6.45, 7) is 1.81. The van der Waals surface area contributed by atoms with E-state index in [1.54, 1.807) is 23.6 Å². The molecule has 116 valence electrons. The molecule has 0 atom stereocenters. The summed E-state index contributed by atoms with van der Waals surface area (Å²) >= 11 is 1.46. The van der Waals surface area contributed by atoms with E-state index >= 15 is 0 Å². The number of benzene rings is 1. The quantitative estimate of drug-likeness (QED) is 0.467. The van der Waals surface area contributed by atoms with Crippen LogP contribution in [-0.4, -0.2) is 31.3 Å². The molecule has 0 saturated carbocycles. The van der Waals surface area contributed by atoms with Gasteiger partial charge in [-0.25, -0.2) is 0 Å². The van der Waals surface area contributed by atoms with E-state index in [2.05, 4.69) is 10.2 Å². The van der Waals surface area contributed by atoms with Crippen LogP contribution in [0.5, 0.6) is 0 Å². The van der Waals surface area contributed by atoms with Crippen LogP contribution in [0.2, 0.25) is 0 Å². The first-order valence-corrected chi connectivity index (χ1v) is 7.50. The van der Waals surface area contributed by atoms with Gasteiger partial charge in [-0.1, -0.05) is 23.9 Å². The Morgan fingerprint density at radius 3 is 2.64 bits per heavy atom. The van der Waals surface area contributed by atoms with Crippen LogP contribution in [0.1, 0.15) is 11.4 Å². The van der Waals surface area contributed by atoms with Gasteiger partial charge in [-0.2, -0.15) is 0 Å². The molecule has 0 bridgehead atoms. The highest BCUT2D eigenvalue weighted by molar-refractivity contribution is 7.99. The third-order valence-corrected chi connectivity index (χ3v) is 3.95. The molecule has 9 heteroatoms. The molecule has 2 rings (SSSR count). The van der Waals surface area contributed by atoms with E-state index in [1.165, 1.54) is 23.9 Å². The molecule has 0 unspecified atom stereocenters. The normalized spacial score (nSPS) is 10.6. The maximum Gasteiger partial charge on any atom is 0.269 e. The molecule has 0 radical (unpaired) electrons. The maximum absolute atomic E-state index is 11.0. The predicted octanol–water partition coefficient (Wildman–Crippen LogP) is 1.31. The number of nitro groups is 1. The Morgan fingerprint density at radius 1 is 1.36 bits per heavy atom. The van der Waals surface area contributed by atoms with Gasteiger partial charge in [0.2, 0.25) is 5.91 Å². The number of primary amides is 1. The molecule has 0 fully saturated rings. The van der Waals surface area contributed by atoms with Gasteiger partial charge in [0.15, 0.2) is 5.16 Å². The third-order valence-electron chi connectivity index (χ3n) is 2.98. The Hall–Kier alpha value is -2.42. The number of hydrogen-bond acceptors (Lipinski definition) is 6. The Labute approximate surface area is 130 Å². The van der Waals surface area contributed by atoms with Gasteiger partial charge in [-0.05, 0) is 18.9 Å².